The molecule has 0 aromatic carbocycles. The summed E-state index contributed by atoms with van der Waals surface area (Å²) in [5.41, 5.74) is 3.98. The molecule has 16 heavy (non-hydrogen) atoms. The van der Waals surface area contributed by atoms with E-state index in [9.17, 15) is 0 Å². The van der Waals surface area contributed by atoms with Gasteiger partial charge >= 0.3 is 0 Å². The van der Waals surface area contributed by atoms with Crippen LogP contribution in [0.15, 0.2) is 48.2 Å². The van der Waals surface area contributed by atoms with Gasteiger partial charge in [-0.15, -0.1) is 0 Å². The van der Waals surface area contributed by atoms with E-state index in [0.29, 0.717) is 5.92 Å². The van der Waals surface area contributed by atoms with Crippen molar-refractivity contribution in [3.63, 3.8) is 0 Å². The summed E-state index contributed by atoms with van der Waals surface area (Å²) in [6, 6.07) is 0. The van der Waals surface area contributed by atoms with Crippen molar-refractivity contribution in [1.29, 1.82) is 0 Å². The largest absolute Gasteiger partial charge is 0.374 e. The molecule has 0 amide bonds. The molecule has 0 atom stereocenters. The first kappa shape index (κ1) is 12.8. The van der Waals surface area contributed by atoms with Crippen molar-refractivity contribution < 1.29 is 0 Å². The zero-order chi connectivity index (χ0) is 12.1. The van der Waals surface area contributed by atoms with E-state index >= 15 is 0 Å². The Morgan fingerprint density at radius 2 is 2.06 bits per heavy atom. The summed E-state index contributed by atoms with van der Waals surface area (Å²) in [5, 5.41) is 0. The molecule has 1 nitrogen and oxygen atoms in total. The minimum absolute atomic E-state index is 0.531. The topological polar surface area (TPSA) is 3.24 Å². The molecule has 0 aliphatic carbocycles. The highest BCUT2D eigenvalue weighted by Crippen LogP contribution is 2.25. The Kier molecular flexibility index (Phi) is 4.60. The van der Waals surface area contributed by atoms with Gasteiger partial charge in [-0.3, -0.25) is 0 Å². The number of nitrogens with zero attached hydrogens (tertiary/aromatic N) is 1. The van der Waals surface area contributed by atoms with E-state index in [1.807, 2.05) is 12.2 Å². The second-order valence-electron chi connectivity index (χ2n) is 4.64. The fourth-order valence-electron chi connectivity index (χ4n) is 2.10. The number of rotatable bonds is 4. The summed E-state index contributed by atoms with van der Waals surface area (Å²) in [7, 11) is 2.13. The monoisotopic (exact) mass is 217 g/mol. The zero-order valence-corrected chi connectivity index (χ0v) is 10.8. The average molecular weight is 217 g/mol. The van der Waals surface area contributed by atoms with Gasteiger partial charge in [0.2, 0.25) is 0 Å². The lowest BCUT2D eigenvalue weighted by Gasteiger charge is -2.28. The minimum Gasteiger partial charge on any atom is -0.374 e. The zero-order valence-electron chi connectivity index (χ0n) is 10.8. The summed E-state index contributed by atoms with van der Waals surface area (Å²) >= 11 is 0. The Hall–Kier alpha value is -1.24. The van der Waals surface area contributed by atoms with Crippen molar-refractivity contribution in [3.05, 3.63) is 48.2 Å². The molecule has 1 rings (SSSR count). The quantitative estimate of drug-likeness (QED) is 0.645. The number of allylic oxidation sites excluding steroid dienone is 5. The van der Waals surface area contributed by atoms with Crippen LogP contribution < -0.4 is 0 Å². The molecule has 0 aromatic heterocycles. The highest BCUT2D eigenvalue weighted by atomic mass is 15.1. The van der Waals surface area contributed by atoms with Gasteiger partial charge < -0.3 is 4.90 Å². The molecule has 0 aromatic rings. The van der Waals surface area contributed by atoms with Crippen LogP contribution in [0.5, 0.6) is 0 Å². The summed E-state index contributed by atoms with van der Waals surface area (Å²) in [6.45, 7) is 13.3. The third-order valence-electron chi connectivity index (χ3n) is 3.12. The van der Waals surface area contributed by atoms with Crippen molar-refractivity contribution in [1.82, 2.24) is 4.90 Å². The van der Waals surface area contributed by atoms with Crippen molar-refractivity contribution >= 4 is 0 Å². The first-order valence-corrected chi connectivity index (χ1v) is 6.01. The van der Waals surface area contributed by atoms with E-state index in [4.69, 9.17) is 0 Å². The maximum absolute atomic E-state index is 3.91. The Morgan fingerprint density at radius 3 is 2.56 bits per heavy atom. The Balaban J connectivity index is 3.09. The van der Waals surface area contributed by atoms with Crippen LogP contribution in [0, 0.1) is 5.92 Å². The highest BCUT2D eigenvalue weighted by Gasteiger charge is 2.13. The van der Waals surface area contributed by atoms with Crippen LogP contribution in [0.25, 0.3) is 0 Å². The maximum atomic E-state index is 3.91. The van der Waals surface area contributed by atoms with Gasteiger partial charge in [0.1, 0.15) is 0 Å². The highest BCUT2D eigenvalue weighted by molar-refractivity contribution is 5.38. The molecule has 88 valence electrons. The fourth-order valence-corrected chi connectivity index (χ4v) is 2.10. The average Bonchev–Trinajstić information content (AvgIpc) is 2.25. The Bertz CT molecular complexity index is 331. The van der Waals surface area contributed by atoms with Gasteiger partial charge in [0.25, 0.3) is 0 Å². The molecule has 0 saturated heterocycles. The molecular weight excluding hydrogens is 194 g/mol. The van der Waals surface area contributed by atoms with E-state index in [0.717, 1.165) is 13.0 Å². The molecule has 0 fully saturated rings. The van der Waals surface area contributed by atoms with Crippen LogP contribution in [-0.2, 0) is 0 Å². The molecule has 1 heterocycles. The van der Waals surface area contributed by atoms with Crippen molar-refractivity contribution in [2.45, 2.75) is 26.7 Å². The van der Waals surface area contributed by atoms with Gasteiger partial charge in [-0.1, -0.05) is 39.2 Å². The molecule has 0 saturated carbocycles. The SMILES string of the molecule is C=CC1=C(/C=C(\C=C)C(C)C)CCCN1C. The van der Waals surface area contributed by atoms with Gasteiger partial charge in [-0.2, -0.15) is 0 Å². The van der Waals surface area contributed by atoms with E-state index in [2.05, 4.69) is 45.0 Å². The van der Waals surface area contributed by atoms with Crippen molar-refractivity contribution in [3.8, 4) is 0 Å². The minimum atomic E-state index is 0.531. The molecule has 0 radical (unpaired) electrons. The normalized spacial score (nSPS) is 18.0. The number of hydrogen-bond donors (Lipinski definition) is 0. The smallest absolute Gasteiger partial charge is 0.0390 e. The molecule has 0 unspecified atom stereocenters. The first-order valence-electron chi connectivity index (χ1n) is 6.01. The second-order valence-corrected chi connectivity index (χ2v) is 4.64. The van der Waals surface area contributed by atoms with E-state index in [1.165, 1.54) is 23.3 Å². The van der Waals surface area contributed by atoms with Crippen LogP contribution in [0.3, 0.4) is 0 Å². The molecule has 0 N–H and O–H groups in total. The summed E-state index contributed by atoms with van der Waals surface area (Å²) < 4.78 is 0. The van der Waals surface area contributed by atoms with E-state index < -0.39 is 0 Å². The first-order chi connectivity index (χ1) is 7.60. The predicted molar refractivity (Wildman–Crippen MR) is 72.2 cm³/mol. The van der Waals surface area contributed by atoms with Gasteiger partial charge in [0, 0.05) is 19.3 Å². The molecule has 1 aliphatic heterocycles. The van der Waals surface area contributed by atoms with Crippen LogP contribution >= 0.6 is 0 Å². The van der Waals surface area contributed by atoms with Gasteiger partial charge in [0.15, 0.2) is 0 Å². The lowest BCUT2D eigenvalue weighted by molar-refractivity contribution is 0.394. The lowest BCUT2D eigenvalue weighted by atomic mass is 9.95. The number of likely N-dealkylation sites (N-methyl/N-ethyl adjacent to an activating group) is 1. The van der Waals surface area contributed by atoms with Crippen molar-refractivity contribution in [2.75, 3.05) is 13.6 Å². The molecule has 0 bridgehead atoms. The van der Waals surface area contributed by atoms with Crippen LogP contribution in [0.1, 0.15) is 26.7 Å². The van der Waals surface area contributed by atoms with Gasteiger partial charge in [-0.05, 0) is 36.0 Å². The van der Waals surface area contributed by atoms with E-state index in [1.54, 1.807) is 0 Å². The summed E-state index contributed by atoms with van der Waals surface area (Å²) in [4.78, 5) is 2.28. The Labute approximate surface area is 99.8 Å². The molecular formula is C15H23N. The number of hydrogen-bond acceptors (Lipinski definition) is 1. The second kappa shape index (κ2) is 5.74. The van der Waals surface area contributed by atoms with Crippen LogP contribution in [0.2, 0.25) is 0 Å². The molecule has 0 spiro atoms. The lowest BCUT2D eigenvalue weighted by Crippen LogP contribution is -2.23. The summed E-state index contributed by atoms with van der Waals surface area (Å²) in [5.74, 6) is 0.531. The van der Waals surface area contributed by atoms with Gasteiger partial charge in [-0.25, -0.2) is 0 Å². The fraction of sp³-hybridized carbons (Fsp3) is 0.467. The maximum Gasteiger partial charge on any atom is 0.0390 e. The predicted octanol–water partition coefficient (Wildman–Crippen LogP) is 3.92. The summed E-state index contributed by atoms with van der Waals surface area (Å²) in [6.07, 6.45) is 8.58. The van der Waals surface area contributed by atoms with Gasteiger partial charge in [0.05, 0.1) is 0 Å². The van der Waals surface area contributed by atoms with Crippen molar-refractivity contribution in [2.24, 2.45) is 5.92 Å². The third-order valence-corrected chi connectivity index (χ3v) is 3.12. The van der Waals surface area contributed by atoms with E-state index in [-0.39, 0.29) is 0 Å². The third kappa shape index (κ3) is 2.88. The van der Waals surface area contributed by atoms with Crippen LogP contribution in [0.4, 0.5) is 0 Å². The Morgan fingerprint density at radius 1 is 1.38 bits per heavy atom. The molecule has 1 aliphatic rings. The van der Waals surface area contributed by atoms with Crippen LogP contribution in [-0.4, -0.2) is 18.5 Å². The molecule has 1 heteroatoms. The standard InChI is InChI=1S/C15H23N/c1-6-13(12(3)4)11-14-9-8-10-16(5)15(14)7-2/h6-7,11-12H,1-2,8-10H2,3-5H3/b13-11+.